The summed E-state index contributed by atoms with van der Waals surface area (Å²) in [5, 5.41) is 8.31. The number of carbonyl (C=O) groups is 1. The first kappa shape index (κ1) is 17.3. The van der Waals surface area contributed by atoms with Gasteiger partial charge in [-0.1, -0.05) is 5.21 Å². The molecule has 3 heterocycles. The normalized spacial score (nSPS) is 23.0. The predicted octanol–water partition coefficient (Wildman–Crippen LogP) is 0.957. The first-order chi connectivity index (χ1) is 11.4. The van der Waals surface area contributed by atoms with Crippen LogP contribution in [0.25, 0.3) is 0 Å². The molecule has 1 unspecified atom stereocenters. The minimum atomic E-state index is -0.463. The number of nitrogens with zero attached hydrogens (tertiary/aromatic N) is 4. The van der Waals surface area contributed by atoms with Gasteiger partial charge in [-0.05, 0) is 40.2 Å². The third kappa shape index (κ3) is 4.52. The second kappa shape index (κ2) is 7.16. The maximum absolute atomic E-state index is 12.4. The Hall–Kier alpha value is -1.51. The molecular weight excluding hydrogens is 312 g/mol. The zero-order chi connectivity index (χ0) is 17.2. The molecule has 0 bridgehead atoms. The third-order valence-electron chi connectivity index (χ3n) is 4.02. The molecule has 2 saturated heterocycles. The Balaban J connectivity index is 1.56. The Bertz CT molecular complexity index is 563. The maximum atomic E-state index is 12.4. The van der Waals surface area contributed by atoms with E-state index in [1.807, 2.05) is 27.0 Å². The second-order valence-electron chi connectivity index (χ2n) is 7.27. The molecule has 24 heavy (non-hydrogen) atoms. The Morgan fingerprint density at radius 2 is 2.12 bits per heavy atom. The number of esters is 1. The smallest absolute Gasteiger partial charge is 0.323 e. The van der Waals surface area contributed by atoms with Crippen LogP contribution in [-0.4, -0.2) is 63.6 Å². The molecule has 0 amide bonds. The van der Waals surface area contributed by atoms with Crippen LogP contribution in [-0.2, 0) is 32.1 Å². The molecule has 2 fully saturated rings. The van der Waals surface area contributed by atoms with E-state index in [9.17, 15) is 4.79 Å². The molecule has 2 aliphatic heterocycles. The maximum Gasteiger partial charge on any atom is 0.323 e. The van der Waals surface area contributed by atoms with Crippen molar-refractivity contribution in [2.45, 2.75) is 64.6 Å². The van der Waals surface area contributed by atoms with Gasteiger partial charge in [-0.25, -0.2) is 4.68 Å². The molecule has 0 radical (unpaired) electrons. The molecule has 3 rings (SSSR count). The number of hydrogen-bond donors (Lipinski definition) is 0. The van der Waals surface area contributed by atoms with Crippen LogP contribution >= 0.6 is 0 Å². The van der Waals surface area contributed by atoms with Crippen molar-refractivity contribution < 1.29 is 19.0 Å². The minimum absolute atomic E-state index is 0.153. The van der Waals surface area contributed by atoms with Gasteiger partial charge in [0.05, 0.1) is 25.5 Å². The first-order valence-corrected chi connectivity index (χ1v) is 8.50. The average Bonchev–Trinajstić information content (AvgIpc) is 3.20. The molecule has 8 heteroatoms. The lowest BCUT2D eigenvalue weighted by Gasteiger charge is -2.26. The van der Waals surface area contributed by atoms with E-state index < -0.39 is 5.60 Å². The Labute approximate surface area is 142 Å². The number of carbonyl (C=O) groups excluding carboxylic acids is 1. The quantitative estimate of drug-likeness (QED) is 0.740. The molecule has 1 aromatic rings. The van der Waals surface area contributed by atoms with Crippen LogP contribution in [0.5, 0.6) is 0 Å². The van der Waals surface area contributed by atoms with E-state index in [1.54, 1.807) is 4.68 Å². The van der Waals surface area contributed by atoms with Crippen LogP contribution in [0.2, 0.25) is 0 Å². The molecule has 8 nitrogen and oxygen atoms in total. The lowest BCUT2D eigenvalue weighted by Crippen LogP contribution is -2.40. The molecular formula is C16H26N4O4. The molecule has 0 spiro atoms. The van der Waals surface area contributed by atoms with E-state index in [0.29, 0.717) is 26.3 Å². The van der Waals surface area contributed by atoms with Crippen LogP contribution in [0.3, 0.4) is 0 Å². The Morgan fingerprint density at radius 3 is 2.83 bits per heavy atom. The summed E-state index contributed by atoms with van der Waals surface area (Å²) in [4.78, 5) is 14.5. The van der Waals surface area contributed by atoms with E-state index in [4.69, 9.17) is 14.2 Å². The minimum Gasteiger partial charge on any atom is -0.459 e. The van der Waals surface area contributed by atoms with Gasteiger partial charge in [0.25, 0.3) is 0 Å². The number of rotatable bonds is 5. The van der Waals surface area contributed by atoms with Crippen LogP contribution < -0.4 is 0 Å². The van der Waals surface area contributed by atoms with E-state index in [0.717, 1.165) is 25.1 Å². The molecule has 1 aromatic heterocycles. The van der Waals surface area contributed by atoms with E-state index in [-0.39, 0.29) is 18.3 Å². The van der Waals surface area contributed by atoms with Crippen molar-refractivity contribution in [3.05, 3.63) is 11.9 Å². The first-order valence-electron chi connectivity index (χ1n) is 8.50. The number of ether oxygens (including phenoxy) is 3. The number of likely N-dealkylation sites (tertiary alicyclic amines) is 1. The summed E-state index contributed by atoms with van der Waals surface area (Å²) in [5.41, 5.74) is 0.374. The third-order valence-corrected chi connectivity index (χ3v) is 4.02. The molecule has 134 valence electrons. The molecule has 0 aliphatic carbocycles. The van der Waals surface area contributed by atoms with Crippen molar-refractivity contribution in [1.82, 2.24) is 19.9 Å². The highest BCUT2D eigenvalue weighted by molar-refractivity contribution is 5.76. The van der Waals surface area contributed by atoms with Crippen LogP contribution in [0, 0.1) is 0 Å². The van der Waals surface area contributed by atoms with E-state index >= 15 is 0 Å². The summed E-state index contributed by atoms with van der Waals surface area (Å²) in [5.74, 6) is -0.153. The molecule has 0 saturated carbocycles. The lowest BCUT2D eigenvalue weighted by atomic mass is 10.1. The van der Waals surface area contributed by atoms with Crippen LogP contribution in [0.4, 0.5) is 0 Å². The van der Waals surface area contributed by atoms with Crippen LogP contribution in [0.15, 0.2) is 6.20 Å². The van der Waals surface area contributed by atoms with Crippen molar-refractivity contribution >= 4 is 5.97 Å². The van der Waals surface area contributed by atoms with Crippen LogP contribution in [0.1, 0.15) is 39.3 Å². The van der Waals surface area contributed by atoms with Gasteiger partial charge in [-0.3, -0.25) is 9.69 Å². The fraction of sp³-hybridized carbons (Fsp3) is 0.812. The van der Waals surface area contributed by atoms with Gasteiger partial charge in [0, 0.05) is 12.7 Å². The zero-order valence-corrected chi connectivity index (χ0v) is 14.6. The Morgan fingerprint density at radius 1 is 1.38 bits per heavy atom. The molecule has 2 aliphatic rings. The highest BCUT2D eigenvalue weighted by Crippen LogP contribution is 2.22. The van der Waals surface area contributed by atoms with Gasteiger partial charge in [0.15, 0.2) is 6.29 Å². The second-order valence-corrected chi connectivity index (χ2v) is 7.27. The fourth-order valence-electron chi connectivity index (χ4n) is 3.03. The average molecular weight is 338 g/mol. The largest absolute Gasteiger partial charge is 0.459 e. The van der Waals surface area contributed by atoms with E-state index in [1.165, 1.54) is 0 Å². The summed E-state index contributed by atoms with van der Waals surface area (Å²) in [6.07, 6.45) is 3.45. The van der Waals surface area contributed by atoms with Gasteiger partial charge in [0.1, 0.15) is 11.6 Å². The Kier molecular flexibility index (Phi) is 5.17. The summed E-state index contributed by atoms with van der Waals surface area (Å²) in [6, 6.07) is -0.198. The van der Waals surface area contributed by atoms with Gasteiger partial charge >= 0.3 is 5.97 Å². The van der Waals surface area contributed by atoms with Crippen molar-refractivity contribution in [2.75, 3.05) is 19.8 Å². The van der Waals surface area contributed by atoms with Gasteiger partial charge in [0.2, 0.25) is 0 Å². The summed E-state index contributed by atoms with van der Waals surface area (Å²) < 4.78 is 18.1. The highest BCUT2D eigenvalue weighted by Gasteiger charge is 2.34. The SMILES string of the molecule is CC(C)(C)OC(=O)C1CCCN1Cc1cn(CC2OCCO2)nn1. The highest BCUT2D eigenvalue weighted by atomic mass is 16.7. The van der Waals surface area contributed by atoms with E-state index in [2.05, 4.69) is 15.2 Å². The summed E-state index contributed by atoms with van der Waals surface area (Å²) in [7, 11) is 0. The fourth-order valence-corrected chi connectivity index (χ4v) is 3.03. The topological polar surface area (TPSA) is 78.7 Å². The van der Waals surface area contributed by atoms with Crippen molar-refractivity contribution in [1.29, 1.82) is 0 Å². The molecule has 0 aromatic carbocycles. The zero-order valence-electron chi connectivity index (χ0n) is 14.6. The summed E-state index contributed by atoms with van der Waals surface area (Å²) >= 11 is 0. The monoisotopic (exact) mass is 338 g/mol. The number of aromatic nitrogens is 3. The van der Waals surface area contributed by atoms with Gasteiger partial charge in [-0.15, -0.1) is 5.10 Å². The summed E-state index contributed by atoms with van der Waals surface area (Å²) in [6.45, 7) is 8.91. The van der Waals surface area contributed by atoms with Crippen molar-refractivity contribution in [3.8, 4) is 0 Å². The predicted molar refractivity (Wildman–Crippen MR) is 85.0 cm³/mol. The van der Waals surface area contributed by atoms with Gasteiger partial charge < -0.3 is 14.2 Å². The van der Waals surface area contributed by atoms with Crippen molar-refractivity contribution in [2.24, 2.45) is 0 Å². The standard InChI is InChI=1S/C16H26N4O4/c1-16(2,3)24-15(21)13-5-4-6-19(13)9-12-10-20(18-17-12)11-14-22-7-8-23-14/h10,13-14H,4-9,11H2,1-3H3. The lowest BCUT2D eigenvalue weighted by molar-refractivity contribution is -0.160. The van der Waals surface area contributed by atoms with Gasteiger partial charge in [-0.2, -0.15) is 0 Å². The number of hydrogen-bond acceptors (Lipinski definition) is 7. The molecule has 0 N–H and O–H groups in total. The molecule has 1 atom stereocenters. The van der Waals surface area contributed by atoms with Crippen molar-refractivity contribution in [3.63, 3.8) is 0 Å².